The van der Waals surface area contributed by atoms with Gasteiger partial charge in [-0.1, -0.05) is 72.8 Å². The fourth-order valence-electron chi connectivity index (χ4n) is 2.91. The lowest BCUT2D eigenvalue weighted by molar-refractivity contribution is -0.124. The van der Waals surface area contributed by atoms with Gasteiger partial charge >= 0.3 is 0 Å². The van der Waals surface area contributed by atoms with Gasteiger partial charge in [0.1, 0.15) is 0 Å². The van der Waals surface area contributed by atoms with Crippen LogP contribution >= 0.6 is 0 Å². The van der Waals surface area contributed by atoms with Crippen LogP contribution in [-0.4, -0.2) is 11.8 Å². The second-order valence-electron chi connectivity index (χ2n) is 7.91. The van der Waals surface area contributed by atoms with Gasteiger partial charge in [-0.25, -0.2) is 0 Å². The Bertz CT molecular complexity index is 581. The van der Waals surface area contributed by atoms with E-state index in [9.17, 15) is 9.59 Å². The van der Waals surface area contributed by atoms with E-state index in [0.717, 1.165) is 37.1 Å². The van der Waals surface area contributed by atoms with Crippen LogP contribution in [0.4, 0.5) is 11.4 Å². The largest absolute Gasteiger partial charge is 0.326 e. The van der Waals surface area contributed by atoms with Crippen molar-refractivity contribution in [1.82, 2.24) is 0 Å². The molecule has 0 aliphatic rings. The molecule has 0 fully saturated rings. The van der Waals surface area contributed by atoms with Crippen molar-refractivity contribution in [2.45, 2.75) is 79.6 Å². The van der Waals surface area contributed by atoms with Crippen LogP contribution in [0.1, 0.15) is 79.6 Å². The van der Waals surface area contributed by atoms with Gasteiger partial charge in [0.15, 0.2) is 0 Å². The third kappa shape index (κ3) is 7.59. The van der Waals surface area contributed by atoms with Crippen molar-refractivity contribution < 1.29 is 9.59 Å². The highest BCUT2D eigenvalue weighted by molar-refractivity contribution is 5.96. The lowest BCUT2D eigenvalue weighted by Crippen LogP contribution is -2.30. The van der Waals surface area contributed by atoms with E-state index in [2.05, 4.69) is 24.5 Å². The predicted molar refractivity (Wildman–Crippen MR) is 110 cm³/mol. The third-order valence-corrected chi connectivity index (χ3v) is 4.83. The van der Waals surface area contributed by atoms with E-state index >= 15 is 0 Å². The Labute approximate surface area is 159 Å². The highest BCUT2D eigenvalue weighted by Crippen LogP contribution is 2.27. The number of amides is 2. The first-order valence-electron chi connectivity index (χ1n) is 10.0. The van der Waals surface area contributed by atoms with Gasteiger partial charge in [-0.2, -0.15) is 0 Å². The van der Waals surface area contributed by atoms with Gasteiger partial charge in [0.2, 0.25) is 11.8 Å². The zero-order valence-electron chi connectivity index (χ0n) is 17.2. The summed E-state index contributed by atoms with van der Waals surface area (Å²) in [6.07, 6.45) is 7.39. The first kappa shape index (κ1) is 22.2. The summed E-state index contributed by atoms with van der Waals surface area (Å²) < 4.78 is 0. The summed E-state index contributed by atoms with van der Waals surface area (Å²) in [6, 6.07) is 7.38. The maximum Gasteiger partial charge on any atom is 0.230 e. The van der Waals surface area contributed by atoms with Gasteiger partial charge < -0.3 is 10.6 Å². The molecule has 0 saturated heterocycles. The Balaban J connectivity index is 2.64. The molecule has 1 rings (SSSR count). The number of carbonyl (C=O) groups excluding carboxylic acids is 2. The fraction of sp³-hybridized carbons (Fsp3) is 0.636. The number of hydrogen-bond acceptors (Lipinski definition) is 2. The summed E-state index contributed by atoms with van der Waals surface area (Å²) in [5, 5.41) is 5.94. The molecule has 0 aliphatic carbocycles. The minimum absolute atomic E-state index is 0.0136. The molecule has 1 aromatic rings. The first-order chi connectivity index (χ1) is 12.3. The van der Waals surface area contributed by atoms with Crippen molar-refractivity contribution in [2.24, 2.45) is 11.3 Å². The second-order valence-corrected chi connectivity index (χ2v) is 7.91. The molecular weight excluding hydrogens is 324 g/mol. The molecule has 0 aromatic heterocycles. The molecule has 4 heteroatoms. The SMILES string of the molecule is CCCCCCC(C)(C)C(=O)Nc1cccc(NC(=O)C(C)CCC)c1. The smallest absolute Gasteiger partial charge is 0.230 e. The quantitative estimate of drug-likeness (QED) is 0.476. The zero-order chi connectivity index (χ0) is 19.6. The lowest BCUT2D eigenvalue weighted by Gasteiger charge is -2.23. The molecule has 0 aliphatic heterocycles. The molecule has 2 amide bonds. The normalized spacial score (nSPS) is 12.5. The number of anilines is 2. The van der Waals surface area contributed by atoms with Crippen LogP contribution in [0.5, 0.6) is 0 Å². The van der Waals surface area contributed by atoms with Crippen molar-refractivity contribution in [1.29, 1.82) is 0 Å². The number of rotatable bonds is 11. The Hall–Kier alpha value is -1.84. The molecule has 0 radical (unpaired) electrons. The minimum atomic E-state index is -0.400. The van der Waals surface area contributed by atoms with E-state index in [-0.39, 0.29) is 17.7 Å². The molecule has 146 valence electrons. The van der Waals surface area contributed by atoms with E-state index in [1.807, 2.05) is 45.0 Å². The molecule has 26 heavy (non-hydrogen) atoms. The van der Waals surface area contributed by atoms with Gasteiger partial charge in [-0.3, -0.25) is 9.59 Å². The predicted octanol–water partition coefficient (Wildman–Crippen LogP) is 6.00. The summed E-state index contributed by atoms with van der Waals surface area (Å²) in [5.41, 5.74) is 1.04. The molecule has 4 nitrogen and oxygen atoms in total. The molecule has 1 unspecified atom stereocenters. The number of hydrogen-bond donors (Lipinski definition) is 2. The molecular formula is C22H36N2O2. The van der Waals surface area contributed by atoms with Crippen molar-refractivity contribution in [3.05, 3.63) is 24.3 Å². The molecule has 0 saturated carbocycles. The van der Waals surface area contributed by atoms with Gasteiger partial charge in [0.25, 0.3) is 0 Å². The lowest BCUT2D eigenvalue weighted by atomic mass is 9.85. The Kier molecular flexibility index (Phi) is 9.39. The average Bonchev–Trinajstić information content (AvgIpc) is 2.59. The standard InChI is InChI=1S/C22H36N2O2/c1-6-8-9-10-15-22(4,5)21(26)24-19-14-11-13-18(16-19)23-20(25)17(3)12-7-2/h11,13-14,16-17H,6-10,12,15H2,1-5H3,(H,23,25)(H,24,26). The summed E-state index contributed by atoms with van der Waals surface area (Å²) in [6.45, 7) is 10.2. The minimum Gasteiger partial charge on any atom is -0.326 e. The zero-order valence-corrected chi connectivity index (χ0v) is 17.2. The average molecular weight is 361 g/mol. The topological polar surface area (TPSA) is 58.2 Å². The van der Waals surface area contributed by atoms with E-state index < -0.39 is 5.41 Å². The Morgan fingerprint density at radius 1 is 1.00 bits per heavy atom. The second kappa shape index (κ2) is 11.0. The van der Waals surface area contributed by atoms with Crippen LogP contribution in [0.3, 0.4) is 0 Å². The first-order valence-corrected chi connectivity index (χ1v) is 10.0. The van der Waals surface area contributed by atoms with Crippen molar-refractivity contribution in [3.63, 3.8) is 0 Å². The van der Waals surface area contributed by atoms with E-state index in [4.69, 9.17) is 0 Å². The van der Waals surface area contributed by atoms with Crippen LogP contribution in [0.15, 0.2) is 24.3 Å². The number of benzene rings is 1. The van der Waals surface area contributed by atoms with Gasteiger partial charge in [0.05, 0.1) is 0 Å². The maximum absolute atomic E-state index is 12.6. The highest BCUT2D eigenvalue weighted by atomic mass is 16.2. The van der Waals surface area contributed by atoms with Crippen molar-refractivity contribution >= 4 is 23.2 Å². The third-order valence-electron chi connectivity index (χ3n) is 4.83. The van der Waals surface area contributed by atoms with Gasteiger partial charge in [0, 0.05) is 22.7 Å². The summed E-state index contributed by atoms with van der Waals surface area (Å²) in [5.74, 6) is 0.0312. The summed E-state index contributed by atoms with van der Waals surface area (Å²) in [4.78, 5) is 24.8. The molecule has 0 spiro atoms. The number of carbonyl (C=O) groups is 2. The summed E-state index contributed by atoms with van der Waals surface area (Å²) >= 11 is 0. The molecule has 1 atom stereocenters. The van der Waals surface area contributed by atoms with Gasteiger partial charge in [-0.15, -0.1) is 0 Å². The molecule has 1 aromatic carbocycles. The molecule has 0 heterocycles. The summed E-state index contributed by atoms with van der Waals surface area (Å²) in [7, 11) is 0. The Morgan fingerprint density at radius 2 is 1.65 bits per heavy atom. The number of nitrogens with one attached hydrogen (secondary N) is 2. The van der Waals surface area contributed by atoms with Crippen LogP contribution in [-0.2, 0) is 9.59 Å². The van der Waals surface area contributed by atoms with Crippen molar-refractivity contribution in [3.8, 4) is 0 Å². The van der Waals surface area contributed by atoms with E-state index in [1.54, 1.807) is 0 Å². The van der Waals surface area contributed by atoms with Crippen LogP contribution in [0.25, 0.3) is 0 Å². The van der Waals surface area contributed by atoms with Crippen LogP contribution in [0, 0.1) is 11.3 Å². The molecule has 0 bridgehead atoms. The monoisotopic (exact) mass is 360 g/mol. The molecule has 2 N–H and O–H groups in total. The highest BCUT2D eigenvalue weighted by Gasteiger charge is 2.27. The van der Waals surface area contributed by atoms with E-state index in [1.165, 1.54) is 19.3 Å². The van der Waals surface area contributed by atoms with Crippen LogP contribution < -0.4 is 10.6 Å². The van der Waals surface area contributed by atoms with Crippen LogP contribution in [0.2, 0.25) is 0 Å². The fourth-order valence-corrected chi connectivity index (χ4v) is 2.91. The Morgan fingerprint density at radius 3 is 2.27 bits per heavy atom. The van der Waals surface area contributed by atoms with E-state index in [0.29, 0.717) is 0 Å². The number of unbranched alkanes of at least 4 members (excludes halogenated alkanes) is 3. The van der Waals surface area contributed by atoms with Gasteiger partial charge in [-0.05, 0) is 31.0 Å². The maximum atomic E-state index is 12.6. The van der Waals surface area contributed by atoms with Crippen molar-refractivity contribution in [2.75, 3.05) is 10.6 Å².